The number of nitrogens with one attached hydrogen (secondary N) is 1. The lowest BCUT2D eigenvalue weighted by atomic mass is 10.2. The molecule has 1 amide bonds. The second-order valence-electron chi connectivity index (χ2n) is 7.55. The van der Waals surface area contributed by atoms with Gasteiger partial charge in [-0.3, -0.25) is 4.79 Å². The van der Waals surface area contributed by atoms with E-state index >= 15 is 0 Å². The highest BCUT2D eigenvalue weighted by Crippen LogP contribution is 2.21. The van der Waals surface area contributed by atoms with E-state index in [1.165, 1.54) is 6.21 Å². The molecule has 0 aromatic heterocycles. The number of hydrogen-bond donors (Lipinski definition) is 1. The number of ether oxygens (including phenoxy) is 2. The van der Waals surface area contributed by atoms with Crippen molar-refractivity contribution in [2.45, 2.75) is 6.61 Å². The molecule has 0 unspecified atom stereocenters. The minimum atomic E-state index is -0.550. The molecule has 180 valence electrons. The Morgan fingerprint density at radius 2 is 1.47 bits per heavy atom. The molecule has 4 aromatic rings. The topological polar surface area (TPSA) is 77.0 Å². The first kappa shape index (κ1) is 25.0. The maximum Gasteiger partial charge on any atom is 0.345 e. The zero-order valence-corrected chi connectivity index (χ0v) is 20.4. The lowest BCUT2D eigenvalue weighted by Gasteiger charge is -2.10. The first-order valence-electron chi connectivity index (χ1n) is 10.9. The number of amides is 1. The van der Waals surface area contributed by atoms with Gasteiger partial charge in [0.2, 0.25) is 0 Å². The first-order valence-corrected chi connectivity index (χ1v) is 11.6. The van der Waals surface area contributed by atoms with E-state index in [1.807, 2.05) is 12.1 Å². The molecule has 0 fully saturated rings. The largest absolute Gasteiger partial charge is 0.488 e. The van der Waals surface area contributed by atoms with Crippen molar-refractivity contribution in [3.8, 4) is 11.5 Å². The van der Waals surface area contributed by atoms with Crippen molar-refractivity contribution < 1.29 is 19.1 Å². The van der Waals surface area contributed by atoms with E-state index in [2.05, 4.69) is 10.5 Å². The van der Waals surface area contributed by atoms with Crippen molar-refractivity contribution in [3.05, 3.63) is 129 Å². The minimum absolute atomic E-state index is 0.282. The quantitative estimate of drug-likeness (QED) is 0.124. The van der Waals surface area contributed by atoms with Crippen LogP contribution in [-0.4, -0.2) is 18.1 Å². The fraction of sp³-hybridized carbons (Fsp3) is 0.0357. The molecule has 8 heteroatoms. The van der Waals surface area contributed by atoms with Gasteiger partial charge in [-0.25, -0.2) is 10.2 Å². The van der Waals surface area contributed by atoms with Crippen LogP contribution in [0.5, 0.6) is 11.5 Å². The maximum absolute atomic E-state index is 12.7. The van der Waals surface area contributed by atoms with Crippen molar-refractivity contribution >= 4 is 41.3 Å². The molecule has 0 spiro atoms. The summed E-state index contributed by atoms with van der Waals surface area (Å²) in [6.45, 7) is 0.290. The number of para-hydroxylation sites is 1. The van der Waals surface area contributed by atoms with Gasteiger partial charge in [-0.05, 0) is 71.8 Å². The summed E-state index contributed by atoms with van der Waals surface area (Å²) in [6, 6.07) is 27.5. The Labute approximate surface area is 218 Å². The number of halogens is 2. The van der Waals surface area contributed by atoms with Crippen LogP contribution in [0.2, 0.25) is 10.0 Å². The van der Waals surface area contributed by atoms with E-state index in [4.69, 9.17) is 32.7 Å². The van der Waals surface area contributed by atoms with Gasteiger partial charge in [-0.1, -0.05) is 59.6 Å². The van der Waals surface area contributed by atoms with Crippen molar-refractivity contribution in [1.29, 1.82) is 0 Å². The van der Waals surface area contributed by atoms with E-state index < -0.39 is 11.9 Å². The molecule has 6 nitrogen and oxygen atoms in total. The Balaban J connectivity index is 1.33. The van der Waals surface area contributed by atoms with Crippen LogP contribution in [0.25, 0.3) is 0 Å². The molecule has 4 rings (SSSR count). The molecule has 0 aliphatic rings. The van der Waals surface area contributed by atoms with Crippen LogP contribution in [-0.2, 0) is 6.61 Å². The van der Waals surface area contributed by atoms with E-state index in [-0.39, 0.29) is 12.2 Å². The van der Waals surface area contributed by atoms with E-state index in [9.17, 15) is 9.59 Å². The Bertz CT molecular complexity index is 1390. The van der Waals surface area contributed by atoms with Gasteiger partial charge in [0.15, 0.2) is 0 Å². The van der Waals surface area contributed by atoms with Gasteiger partial charge < -0.3 is 9.47 Å². The summed E-state index contributed by atoms with van der Waals surface area (Å²) in [5.41, 5.74) is 4.75. The molecule has 0 aliphatic carbocycles. The number of esters is 1. The number of benzene rings is 4. The maximum atomic E-state index is 12.7. The smallest absolute Gasteiger partial charge is 0.345 e. The molecule has 0 radical (unpaired) electrons. The van der Waals surface area contributed by atoms with Crippen molar-refractivity contribution in [1.82, 2.24) is 5.43 Å². The fourth-order valence-corrected chi connectivity index (χ4v) is 3.50. The van der Waals surface area contributed by atoms with Crippen molar-refractivity contribution in [2.24, 2.45) is 5.10 Å². The van der Waals surface area contributed by atoms with E-state index in [1.54, 1.807) is 84.9 Å². The molecule has 4 aromatic carbocycles. The third-order valence-corrected chi connectivity index (χ3v) is 5.58. The summed E-state index contributed by atoms with van der Waals surface area (Å²) in [5, 5.41) is 4.98. The van der Waals surface area contributed by atoms with Gasteiger partial charge in [0.25, 0.3) is 5.91 Å². The van der Waals surface area contributed by atoms with Gasteiger partial charge in [0, 0.05) is 5.02 Å². The summed E-state index contributed by atoms with van der Waals surface area (Å²) < 4.78 is 11.2. The number of carbonyl (C=O) groups excluding carboxylic acids is 2. The molecule has 0 heterocycles. The normalized spacial score (nSPS) is 10.7. The van der Waals surface area contributed by atoms with Crippen LogP contribution in [0.4, 0.5) is 0 Å². The molecule has 1 N–H and O–H groups in total. The number of hydrazone groups is 1. The van der Waals surface area contributed by atoms with Gasteiger partial charge in [0.1, 0.15) is 18.1 Å². The summed E-state index contributed by atoms with van der Waals surface area (Å²) in [4.78, 5) is 24.9. The fourth-order valence-electron chi connectivity index (χ4n) is 3.16. The van der Waals surface area contributed by atoms with Crippen LogP contribution in [0.3, 0.4) is 0 Å². The average Bonchev–Trinajstić information content (AvgIpc) is 2.89. The van der Waals surface area contributed by atoms with Crippen LogP contribution < -0.4 is 14.9 Å². The minimum Gasteiger partial charge on any atom is -0.488 e. The molecule has 36 heavy (non-hydrogen) atoms. The summed E-state index contributed by atoms with van der Waals surface area (Å²) in [5.74, 6) is -0.174. The summed E-state index contributed by atoms with van der Waals surface area (Å²) >= 11 is 11.9. The highest BCUT2D eigenvalue weighted by molar-refractivity contribution is 6.33. The van der Waals surface area contributed by atoms with E-state index in [0.717, 1.165) is 5.56 Å². The van der Waals surface area contributed by atoms with Gasteiger partial charge in [0.05, 0.1) is 22.4 Å². The lowest BCUT2D eigenvalue weighted by molar-refractivity contribution is 0.0734. The second-order valence-corrected chi connectivity index (χ2v) is 8.39. The zero-order chi connectivity index (χ0) is 25.3. The Kier molecular flexibility index (Phi) is 8.34. The summed E-state index contributed by atoms with van der Waals surface area (Å²) in [6.07, 6.45) is 1.48. The first-order chi connectivity index (χ1) is 17.5. The Morgan fingerprint density at radius 1 is 0.806 bits per heavy atom. The predicted octanol–water partition coefficient (Wildman–Crippen LogP) is 6.56. The number of carbonyl (C=O) groups is 2. The average molecular weight is 519 g/mol. The number of rotatable bonds is 8. The van der Waals surface area contributed by atoms with Crippen LogP contribution in [0.15, 0.2) is 102 Å². The van der Waals surface area contributed by atoms with Crippen molar-refractivity contribution in [3.63, 3.8) is 0 Å². The lowest BCUT2D eigenvalue weighted by Crippen LogP contribution is -2.18. The predicted molar refractivity (Wildman–Crippen MR) is 140 cm³/mol. The Morgan fingerprint density at radius 3 is 2.19 bits per heavy atom. The molecule has 0 bridgehead atoms. The highest BCUT2D eigenvalue weighted by atomic mass is 35.5. The number of nitrogens with zero attached hydrogens (tertiary/aromatic N) is 1. The third-order valence-electron chi connectivity index (χ3n) is 5.00. The molecule has 0 atom stereocenters. The van der Waals surface area contributed by atoms with Gasteiger partial charge in [-0.15, -0.1) is 0 Å². The number of hydrogen-bond acceptors (Lipinski definition) is 5. The third kappa shape index (κ3) is 6.72. The standard InChI is InChI=1S/C28H20Cl2N2O4/c29-21-13-9-20(10-14-21)18-35-26-8-4-2-6-24(26)27(33)32-31-17-19-11-15-22(16-12-19)36-28(34)23-5-1-3-7-25(23)30/h1-17H,18H2,(H,32,33)/b31-17+. The summed E-state index contributed by atoms with van der Waals surface area (Å²) in [7, 11) is 0. The SMILES string of the molecule is O=C(Oc1ccc(/C=N/NC(=O)c2ccccc2OCc2ccc(Cl)cc2)cc1)c1ccccc1Cl. The second kappa shape index (κ2) is 12.0. The van der Waals surface area contributed by atoms with Crippen LogP contribution in [0, 0.1) is 0 Å². The van der Waals surface area contributed by atoms with Gasteiger partial charge >= 0.3 is 5.97 Å². The molecule has 0 saturated heterocycles. The van der Waals surface area contributed by atoms with Crippen LogP contribution in [0.1, 0.15) is 31.8 Å². The molecular weight excluding hydrogens is 499 g/mol. The van der Waals surface area contributed by atoms with E-state index in [0.29, 0.717) is 32.7 Å². The zero-order valence-electron chi connectivity index (χ0n) is 18.9. The van der Waals surface area contributed by atoms with Crippen LogP contribution >= 0.6 is 23.2 Å². The Hall–Kier alpha value is -4.13. The molecule has 0 saturated carbocycles. The van der Waals surface area contributed by atoms with Gasteiger partial charge in [-0.2, -0.15) is 5.10 Å². The van der Waals surface area contributed by atoms with Crippen molar-refractivity contribution in [2.75, 3.05) is 0 Å². The molecular formula is C28H20Cl2N2O4. The highest BCUT2D eigenvalue weighted by Gasteiger charge is 2.13. The monoisotopic (exact) mass is 518 g/mol. The molecule has 0 aliphatic heterocycles.